The quantitative estimate of drug-likeness (QED) is 0.838. The normalized spacial score (nSPS) is 16.0. The Morgan fingerprint density at radius 1 is 1.53 bits per heavy atom. The molecule has 1 unspecified atom stereocenters. The van der Waals surface area contributed by atoms with Crippen LogP contribution in [0.25, 0.3) is 0 Å². The molecule has 0 radical (unpaired) electrons. The van der Waals surface area contributed by atoms with Gasteiger partial charge in [0.15, 0.2) is 0 Å². The first-order valence-corrected chi connectivity index (χ1v) is 4.95. The van der Waals surface area contributed by atoms with Crippen LogP contribution in [-0.4, -0.2) is 16.2 Å². The monoisotopic (exact) mass is 217 g/mol. The Morgan fingerprint density at radius 3 is 2.60 bits per heavy atom. The van der Waals surface area contributed by atoms with Gasteiger partial charge in [-0.1, -0.05) is 13.8 Å². The van der Waals surface area contributed by atoms with Crippen LogP contribution in [0.4, 0.5) is 8.78 Å². The molecule has 1 atom stereocenters. The molecular weight excluding hydrogens is 200 g/mol. The van der Waals surface area contributed by atoms with E-state index in [1.54, 1.807) is 16.9 Å². The minimum Gasteiger partial charge on any atom is -0.316 e. The number of nitrogens with two attached hydrogens (primary N) is 1. The third kappa shape index (κ3) is 2.75. The fourth-order valence-electron chi connectivity index (χ4n) is 1.24. The first kappa shape index (κ1) is 12.1. The van der Waals surface area contributed by atoms with Crippen LogP contribution in [0, 0.1) is 5.92 Å². The molecule has 5 heteroatoms. The SMILES string of the molecule is CC(C)Cn1ccc(C(C)(N)C(F)F)n1. The molecule has 1 aromatic heterocycles. The van der Waals surface area contributed by atoms with Gasteiger partial charge in [-0.2, -0.15) is 5.10 Å². The average molecular weight is 217 g/mol. The zero-order chi connectivity index (χ0) is 11.6. The molecule has 0 spiro atoms. The Balaban J connectivity index is 2.84. The molecule has 0 aliphatic carbocycles. The Bertz CT molecular complexity index is 318. The topological polar surface area (TPSA) is 43.8 Å². The minimum atomic E-state index is -2.61. The van der Waals surface area contributed by atoms with E-state index >= 15 is 0 Å². The second-order valence-electron chi connectivity index (χ2n) is 4.40. The van der Waals surface area contributed by atoms with Gasteiger partial charge in [0.2, 0.25) is 0 Å². The fourth-order valence-corrected chi connectivity index (χ4v) is 1.24. The minimum absolute atomic E-state index is 0.234. The fraction of sp³-hybridized carbons (Fsp3) is 0.700. The summed E-state index contributed by atoms with van der Waals surface area (Å²) >= 11 is 0. The molecule has 0 aliphatic rings. The van der Waals surface area contributed by atoms with E-state index < -0.39 is 12.0 Å². The molecule has 0 aliphatic heterocycles. The van der Waals surface area contributed by atoms with Gasteiger partial charge >= 0.3 is 0 Å². The summed E-state index contributed by atoms with van der Waals surface area (Å²) in [5, 5.41) is 4.06. The number of hydrogen-bond acceptors (Lipinski definition) is 2. The summed E-state index contributed by atoms with van der Waals surface area (Å²) < 4.78 is 26.8. The molecule has 0 saturated heterocycles. The van der Waals surface area contributed by atoms with Gasteiger partial charge in [0.05, 0.1) is 5.69 Å². The molecule has 0 amide bonds. The van der Waals surface area contributed by atoms with Crippen molar-refractivity contribution >= 4 is 0 Å². The van der Waals surface area contributed by atoms with Gasteiger partial charge in [-0.25, -0.2) is 8.78 Å². The lowest BCUT2D eigenvalue weighted by Gasteiger charge is -2.20. The van der Waals surface area contributed by atoms with Crippen LogP contribution >= 0.6 is 0 Å². The van der Waals surface area contributed by atoms with E-state index in [0.29, 0.717) is 12.5 Å². The van der Waals surface area contributed by atoms with Crippen molar-refractivity contribution in [3.8, 4) is 0 Å². The largest absolute Gasteiger partial charge is 0.316 e. The van der Waals surface area contributed by atoms with E-state index in [1.807, 2.05) is 13.8 Å². The highest BCUT2D eigenvalue weighted by Crippen LogP contribution is 2.23. The highest BCUT2D eigenvalue weighted by Gasteiger charge is 2.34. The lowest BCUT2D eigenvalue weighted by Crippen LogP contribution is -2.41. The van der Waals surface area contributed by atoms with Gasteiger partial charge in [-0.15, -0.1) is 0 Å². The van der Waals surface area contributed by atoms with Crippen LogP contribution in [0.2, 0.25) is 0 Å². The molecular formula is C10H17F2N3. The van der Waals surface area contributed by atoms with Crippen LogP contribution in [0.3, 0.4) is 0 Å². The van der Waals surface area contributed by atoms with Crippen LogP contribution in [0.1, 0.15) is 26.5 Å². The first-order valence-electron chi connectivity index (χ1n) is 4.95. The van der Waals surface area contributed by atoms with Crippen LogP contribution in [0.5, 0.6) is 0 Å². The predicted octanol–water partition coefficient (Wildman–Crippen LogP) is 1.98. The highest BCUT2D eigenvalue weighted by molar-refractivity contribution is 5.12. The third-order valence-corrected chi connectivity index (χ3v) is 2.20. The number of hydrogen-bond donors (Lipinski definition) is 1. The second kappa shape index (κ2) is 4.26. The molecule has 0 bridgehead atoms. The Kier molecular flexibility index (Phi) is 3.44. The zero-order valence-corrected chi connectivity index (χ0v) is 9.24. The summed E-state index contributed by atoms with van der Waals surface area (Å²) in [5.74, 6) is 0.424. The van der Waals surface area contributed by atoms with Crippen LogP contribution < -0.4 is 5.73 Å². The molecule has 2 N–H and O–H groups in total. The van der Waals surface area contributed by atoms with E-state index in [0.717, 1.165) is 0 Å². The van der Waals surface area contributed by atoms with Crippen molar-refractivity contribution in [3.05, 3.63) is 18.0 Å². The first-order chi connectivity index (χ1) is 6.84. The Morgan fingerprint density at radius 2 is 2.13 bits per heavy atom. The van der Waals surface area contributed by atoms with Crippen molar-refractivity contribution in [2.45, 2.75) is 39.3 Å². The summed E-state index contributed by atoms with van der Waals surface area (Å²) in [7, 11) is 0. The molecule has 0 aromatic carbocycles. The number of rotatable bonds is 4. The van der Waals surface area contributed by atoms with E-state index in [2.05, 4.69) is 5.10 Å². The van der Waals surface area contributed by atoms with E-state index in [4.69, 9.17) is 5.73 Å². The zero-order valence-electron chi connectivity index (χ0n) is 9.24. The molecule has 0 fully saturated rings. The second-order valence-corrected chi connectivity index (χ2v) is 4.40. The molecule has 0 saturated carbocycles. The molecule has 1 aromatic rings. The maximum atomic E-state index is 12.6. The van der Waals surface area contributed by atoms with Gasteiger partial charge in [-0.3, -0.25) is 4.68 Å². The van der Waals surface area contributed by atoms with Crippen molar-refractivity contribution in [2.24, 2.45) is 11.7 Å². The van der Waals surface area contributed by atoms with Crippen molar-refractivity contribution in [1.29, 1.82) is 0 Å². The number of aromatic nitrogens is 2. The maximum Gasteiger partial charge on any atom is 0.261 e. The van der Waals surface area contributed by atoms with Crippen LogP contribution in [-0.2, 0) is 12.1 Å². The highest BCUT2D eigenvalue weighted by atomic mass is 19.3. The molecule has 3 nitrogen and oxygen atoms in total. The maximum absolute atomic E-state index is 12.6. The third-order valence-electron chi connectivity index (χ3n) is 2.20. The predicted molar refractivity (Wildman–Crippen MR) is 54.6 cm³/mol. The van der Waals surface area contributed by atoms with Gasteiger partial charge in [-0.05, 0) is 18.9 Å². The van der Waals surface area contributed by atoms with Gasteiger partial charge < -0.3 is 5.73 Å². The van der Waals surface area contributed by atoms with Crippen molar-refractivity contribution < 1.29 is 8.78 Å². The standard InChI is InChI=1S/C10H17F2N3/c1-7(2)6-15-5-4-8(14-15)10(3,13)9(11)12/h4-5,7,9H,6,13H2,1-3H3. The molecule has 86 valence electrons. The van der Waals surface area contributed by atoms with Gasteiger partial charge in [0.25, 0.3) is 6.43 Å². The van der Waals surface area contributed by atoms with Crippen LogP contribution in [0.15, 0.2) is 12.3 Å². The Hall–Kier alpha value is -0.970. The van der Waals surface area contributed by atoms with E-state index in [1.165, 1.54) is 6.92 Å². The number of nitrogens with zero attached hydrogens (tertiary/aromatic N) is 2. The lowest BCUT2D eigenvalue weighted by molar-refractivity contribution is 0.0597. The van der Waals surface area contributed by atoms with Crippen molar-refractivity contribution in [2.75, 3.05) is 0 Å². The summed E-state index contributed by atoms with van der Waals surface area (Å²) in [5.41, 5.74) is 4.07. The lowest BCUT2D eigenvalue weighted by atomic mass is 10.0. The summed E-state index contributed by atoms with van der Waals surface area (Å²) in [4.78, 5) is 0. The summed E-state index contributed by atoms with van der Waals surface area (Å²) in [6.45, 7) is 6.07. The molecule has 1 heterocycles. The smallest absolute Gasteiger partial charge is 0.261 e. The number of halogens is 2. The number of alkyl halides is 2. The van der Waals surface area contributed by atoms with Gasteiger partial charge in [0.1, 0.15) is 5.54 Å². The van der Waals surface area contributed by atoms with Crippen molar-refractivity contribution in [3.63, 3.8) is 0 Å². The van der Waals surface area contributed by atoms with Gasteiger partial charge in [0, 0.05) is 12.7 Å². The van der Waals surface area contributed by atoms with Crippen molar-refractivity contribution in [1.82, 2.24) is 9.78 Å². The van der Waals surface area contributed by atoms with E-state index in [9.17, 15) is 8.78 Å². The summed E-state index contributed by atoms with van der Waals surface area (Å²) in [6, 6.07) is 1.55. The summed E-state index contributed by atoms with van der Waals surface area (Å²) in [6.07, 6.45) is -0.928. The molecule has 15 heavy (non-hydrogen) atoms. The average Bonchev–Trinajstić information content (AvgIpc) is 2.51. The Labute approximate surface area is 88.3 Å². The van der Waals surface area contributed by atoms with E-state index in [-0.39, 0.29) is 5.69 Å². The molecule has 1 rings (SSSR count).